The second-order valence-electron chi connectivity index (χ2n) is 5.78. The highest BCUT2D eigenvalue weighted by Gasteiger charge is 2.23. The van der Waals surface area contributed by atoms with Crippen LogP contribution in [0, 0.1) is 0 Å². The number of amides is 1. The molecule has 1 aromatic carbocycles. The molecule has 3 aromatic rings. The fraction of sp³-hybridized carbons (Fsp3) is 0.353. The van der Waals surface area contributed by atoms with Crippen LogP contribution in [0.15, 0.2) is 36.5 Å². The third kappa shape index (κ3) is 4.36. The minimum absolute atomic E-state index is 0. The Morgan fingerprint density at radius 2 is 1.96 bits per heavy atom. The van der Waals surface area contributed by atoms with Crippen molar-refractivity contribution in [1.82, 2.24) is 19.7 Å². The second-order valence-corrected chi connectivity index (χ2v) is 6.79. The summed E-state index contributed by atoms with van der Waals surface area (Å²) in [6.45, 7) is 4.07. The molecule has 0 aliphatic heterocycles. The molecule has 0 aliphatic rings. The van der Waals surface area contributed by atoms with E-state index in [1.165, 1.54) is 11.3 Å². The van der Waals surface area contributed by atoms with Crippen LogP contribution in [0.1, 0.15) is 17.4 Å². The van der Waals surface area contributed by atoms with Crippen molar-refractivity contribution in [2.45, 2.75) is 13.5 Å². The van der Waals surface area contributed by atoms with Gasteiger partial charge in [0.05, 0.1) is 10.2 Å². The molecule has 2 aromatic heterocycles. The third-order valence-electron chi connectivity index (χ3n) is 3.71. The zero-order chi connectivity index (χ0) is 17.1. The molecule has 2 heterocycles. The van der Waals surface area contributed by atoms with Crippen molar-refractivity contribution in [3.63, 3.8) is 0 Å². The largest absolute Gasteiger partial charge is 0.308 e. The van der Waals surface area contributed by atoms with Crippen molar-refractivity contribution in [1.29, 1.82) is 0 Å². The molecule has 0 radical (unpaired) electrons. The van der Waals surface area contributed by atoms with Gasteiger partial charge in [0.2, 0.25) is 0 Å². The molecular formula is C17H22ClN5OS. The first-order valence-electron chi connectivity index (χ1n) is 7.94. The smallest absolute Gasteiger partial charge is 0.280 e. The Morgan fingerprint density at radius 1 is 1.20 bits per heavy atom. The SMILES string of the molecule is CCn1ccc(C(=O)N(CCN(C)C)c2nc3ccccc3s2)n1.Cl. The molecule has 6 nitrogen and oxygen atoms in total. The maximum absolute atomic E-state index is 13.0. The number of aromatic nitrogens is 3. The van der Waals surface area contributed by atoms with E-state index in [2.05, 4.69) is 15.0 Å². The van der Waals surface area contributed by atoms with Gasteiger partial charge in [0, 0.05) is 25.8 Å². The first-order valence-corrected chi connectivity index (χ1v) is 8.75. The number of hydrogen-bond donors (Lipinski definition) is 0. The number of benzene rings is 1. The van der Waals surface area contributed by atoms with E-state index in [0.717, 1.165) is 23.3 Å². The Labute approximate surface area is 157 Å². The third-order valence-corrected chi connectivity index (χ3v) is 4.77. The molecule has 3 rings (SSSR count). The van der Waals surface area contributed by atoms with Crippen LogP contribution in [0.3, 0.4) is 0 Å². The summed E-state index contributed by atoms with van der Waals surface area (Å²) in [6, 6.07) is 9.70. The van der Waals surface area contributed by atoms with Crippen LogP contribution < -0.4 is 4.90 Å². The van der Waals surface area contributed by atoms with E-state index in [9.17, 15) is 4.79 Å². The molecule has 25 heavy (non-hydrogen) atoms. The van der Waals surface area contributed by atoms with Gasteiger partial charge in [-0.1, -0.05) is 23.5 Å². The highest BCUT2D eigenvalue weighted by molar-refractivity contribution is 7.22. The minimum atomic E-state index is -0.108. The van der Waals surface area contributed by atoms with Gasteiger partial charge in [0.1, 0.15) is 0 Å². The fourth-order valence-corrected chi connectivity index (χ4v) is 3.34. The lowest BCUT2D eigenvalue weighted by molar-refractivity contribution is 0.0979. The summed E-state index contributed by atoms with van der Waals surface area (Å²) in [5, 5.41) is 5.06. The van der Waals surface area contributed by atoms with Crippen LogP contribution in [0.2, 0.25) is 0 Å². The van der Waals surface area contributed by atoms with Gasteiger partial charge in [-0.25, -0.2) is 4.98 Å². The predicted octanol–water partition coefficient (Wildman–Crippen LogP) is 3.14. The lowest BCUT2D eigenvalue weighted by atomic mass is 10.3. The summed E-state index contributed by atoms with van der Waals surface area (Å²) >= 11 is 1.53. The molecule has 1 amide bonds. The number of para-hydroxylation sites is 1. The van der Waals surface area contributed by atoms with E-state index in [0.29, 0.717) is 17.4 Å². The fourth-order valence-electron chi connectivity index (χ4n) is 2.35. The number of rotatable bonds is 6. The summed E-state index contributed by atoms with van der Waals surface area (Å²) < 4.78 is 2.84. The van der Waals surface area contributed by atoms with Crippen LogP contribution in [0.5, 0.6) is 0 Å². The molecule has 0 unspecified atom stereocenters. The molecule has 0 fully saturated rings. The maximum atomic E-state index is 13.0. The van der Waals surface area contributed by atoms with Crippen LogP contribution in [-0.2, 0) is 6.54 Å². The lowest BCUT2D eigenvalue weighted by Crippen LogP contribution is -2.37. The number of carbonyl (C=O) groups is 1. The number of fused-ring (bicyclic) bond motifs is 1. The second kappa shape index (κ2) is 8.42. The van der Waals surface area contributed by atoms with Crippen LogP contribution >= 0.6 is 23.7 Å². The molecule has 134 valence electrons. The quantitative estimate of drug-likeness (QED) is 0.660. The number of anilines is 1. The van der Waals surface area contributed by atoms with Gasteiger partial charge in [0.15, 0.2) is 10.8 Å². The zero-order valence-electron chi connectivity index (χ0n) is 14.5. The van der Waals surface area contributed by atoms with Gasteiger partial charge in [-0.15, -0.1) is 12.4 Å². The summed E-state index contributed by atoms with van der Waals surface area (Å²) in [4.78, 5) is 21.4. The van der Waals surface area contributed by atoms with Crippen molar-refractivity contribution in [2.75, 3.05) is 32.1 Å². The molecule has 0 atom stereocenters. The number of thiazole rings is 1. The molecule has 0 aliphatic carbocycles. The van der Waals surface area contributed by atoms with Crippen molar-refractivity contribution >= 4 is 45.0 Å². The summed E-state index contributed by atoms with van der Waals surface area (Å²) in [7, 11) is 3.99. The highest BCUT2D eigenvalue weighted by Crippen LogP contribution is 2.29. The average molecular weight is 380 g/mol. The Bertz CT molecular complexity index is 811. The van der Waals surface area contributed by atoms with Crippen LogP contribution in [-0.4, -0.2) is 52.8 Å². The van der Waals surface area contributed by atoms with Crippen molar-refractivity contribution in [3.8, 4) is 0 Å². The molecule has 0 bridgehead atoms. The molecule has 0 N–H and O–H groups in total. The number of aryl methyl sites for hydroxylation is 1. The first kappa shape index (κ1) is 19.4. The predicted molar refractivity (Wildman–Crippen MR) is 105 cm³/mol. The Balaban J connectivity index is 0.00000225. The Hall–Kier alpha value is -1.96. The number of halogens is 1. The number of likely N-dealkylation sites (N-methyl/N-ethyl adjacent to an activating group) is 1. The van der Waals surface area contributed by atoms with Crippen molar-refractivity contribution < 1.29 is 4.79 Å². The van der Waals surface area contributed by atoms with Gasteiger partial charge < -0.3 is 4.90 Å². The number of nitrogens with zero attached hydrogens (tertiary/aromatic N) is 5. The topological polar surface area (TPSA) is 54.3 Å². The zero-order valence-corrected chi connectivity index (χ0v) is 16.2. The van der Waals surface area contributed by atoms with Crippen LogP contribution in [0.4, 0.5) is 5.13 Å². The van der Waals surface area contributed by atoms with E-state index in [-0.39, 0.29) is 18.3 Å². The van der Waals surface area contributed by atoms with Crippen molar-refractivity contribution in [3.05, 3.63) is 42.2 Å². The molecule has 0 saturated carbocycles. The van der Waals surface area contributed by atoms with E-state index in [1.54, 1.807) is 15.6 Å². The van der Waals surface area contributed by atoms with E-state index >= 15 is 0 Å². The van der Waals surface area contributed by atoms with Gasteiger partial charge in [-0.05, 0) is 39.2 Å². The molecule has 0 saturated heterocycles. The van der Waals surface area contributed by atoms with Gasteiger partial charge in [0.25, 0.3) is 5.91 Å². The lowest BCUT2D eigenvalue weighted by Gasteiger charge is -2.21. The average Bonchev–Trinajstić information content (AvgIpc) is 3.21. The van der Waals surface area contributed by atoms with E-state index in [4.69, 9.17) is 0 Å². The summed E-state index contributed by atoms with van der Waals surface area (Å²) in [5.74, 6) is -0.108. The molecule has 0 spiro atoms. The highest BCUT2D eigenvalue weighted by atomic mass is 35.5. The first-order chi connectivity index (χ1) is 11.6. The van der Waals surface area contributed by atoms with Gasteiger partial charge in [-0.2, -0.15) is 5.10 Å². The minimum Gasteiger partial charge on any atom is -0.308 e. The number of carbonyl (C=O) groups excluding carboxylic acids is 1. The number of hydrogen-bond acceptors (Lipinski definition) is 5. The van der Waals surface area contributed by atoms with Gasteiger partial charge >= 0.3 is 0 Å². The van der Waals surface area contributed by atoms with Crippen LogP contribution in [0.25, 0.3) is 10.2 Å². The normalized spacial score (nSPS) is 10.9. The maximum Gasteiger partial charge on any atom is 0.280 e. The molecular weight excluding hydrogens is 358 g/mol. The Kier molecular flexibility index (Phi) is 6.52. The van der Waals surface area contributed by atoms with Crippen molar-refractivity contribution in [2.24, 2.45) is 0 Å². The summed E-state index contributed by atoms with van der Waals surface area (Å²) in [5.41, 5.74) is 1.37. The Morgan fingerprint density at radius 3 is 2.60 bits per heavy atom. The van der Waals surface area contributed by atoms with E-state index in [1.807, 2.05) is 51.5 Å². The standard InChI is InChI=1S/C17H21N5OS.ClH/c1-4-21-10-9-14(19-21)16(23)22(12-11-20(2)3)17-18-13-7-5-6-8-15(13)24-17;/h5-10H,4,11-12H2,1-3H3;1H. The van der Waals surface area contributed by atoms with E-state index < -0.39 is 0 Å². The van der Waals surface area contributed by atoms with Gasteiger partial charge in [-0.3, -0.25) is 14.4 Å². The molecule has 8 heteroatoms. The summed E-state index contributed by atoms with van der Waals surface area (Å²) in [6.07, 6.45) is 1.83. The monoisotopic (exact) mass is 379 g/mol.